The number of carbonyl (C=O) groups is 2. The van der Waals surface area contributed by atoms with Gasteiger partial charge in [0.1, 0.15) is 17.6 Å². The van der Waals surface area contributed by atoms with Crippen LogP contribution in [-0.2, 0) is 4.79 Å². The van der Waals surface area contributed by atoms with Gasteiger partial charge in [-0.2, -0.15) is 0 Å². The number of amides is 1. The zero-order valence-corrected chi connectivity index (χ0v) is 9.35. The smallest absolute Gasteiger partial charge is 0.326 e. The molecule has 0 spiro atoms. The molecule has 0 aromatic heterocycles. The highest BCUT2D eigenvalue weighted by atomic mass is 19.1. The van der Waals surface area contributed by atoms with Crippen LogP contribution in [-0.4, -0.2) is 40.1 Å². The van der Waals surface area contributed by atoms with Gasteiger partial charge in [0.2, 0.25) is 0 Å². The number of phenolic OH excluding ortho intramolecular Hbond substituents is 1. The molecule has 0 fully saturated rings. The number of aliphatic carboxylic acids is 1. The Morgan fingerprint density at radius 2 is 2.00 bits per heavy atom. The third kappa shape index (κ3) is 2.72. The van der Waals surface area contributed by atoms with Crippen molar-refractivity contribution in [1.29, 1.82) is 0 Å². The number of likely N-dealkylation sites (N-methyl/N-ethyl adjacent to an activating group) is 1. The maximum atomic E-state index is 13.4. The first kappa shape index (κ1) is 13.0. The predicted octanol–water partition coefficient (Wildman–Crippen LogP) is 1.08. The number of carboxylic acid groups (broad SMARTS) is 1. The van der Waals surface area contributed by atoms with Crippen molar-refractivity contribution in [1.82, 2.24) is 4.90 Å². The minimum atomic E-state index is -1.18. The van der Waals surface area contributed by atoms with Crippen molar-refractivity contribution >= 4 is 11.9 Å². The Balaban J connectivity index is 3.00. The van der Waals surface area contributed by atoms with E-state index in [1.807, 2.05) is 0 Å². The van der Waals surface area contributed by atoms with E-state index in [0.717, 1.165) is 23.1 Å². The molecule has 1 unspecified atom stereocenters. The van der Waals surface area contributed by atoms with Gasteiger partial charge in [0.15, 0.2) is 0 Å². The number of hydrogen-bond donors (Lipinski definition) is 2. The van der Waals surface area contributed by atoms with Crippen molar-refractivity contribution in [3.63, 3.8) is 0 Å². The molecule has 0 heterocycles. The molecule has 0 saturated heterocycles. The number of rotatable bonds is 3. The lowest BCUT2D eigenvalue weighted by molar-refractivity contribution is -0.141. The SMILES string of the molecule is CC(C(=O)O)N(C)C(=O)c1ccc(O)cc1F. The molecule has 0 bridgehead atoms. The number of carboxylic acids is 1. The number of hydrogen-bond acceptors (Lipinski definition) is 3. The minimum Gasteiger partial charge on any atom is -0.508 e. The molecular weight excluding hydrogens is 229 g/mol. The van der Waals surface area contributed by atoms with Crippen LogP contribution in [0.4, 0.5) is 4.39 Å². The molecule has 1 amide bonds. The lowest BCUT2D eigenvalue weighted by atomic mass is 10.1. The lowest BCUT2D eigenvalue weighted by Gasteiger charge is -2.21. The number of phenols is 1. The van der Waals surface area contributed by atoms with E-state index in [-0.39, 0.29) is 11.3 Å². The predicted molar refractivity (Wildman–Crippen MR) is 57.3 cm³/mol. The van der Waals surface area contributed by atoms with Crippen LogP contribution >= 0.6 is 0 Å². The first-order valence-corrected chi connectivity index (χ1v) is 4.83. The quantitative estimate of drug-likeness (QED) is 0.830. The van der Waals surface area contributed by atoms with Gasteiger partial charge in [0, 0.05) is 13.1 Å². The molecule has 0 saturated carbocycles. The largest absolute Gasteiger partial charge is 0.508 e. The molecule has 1 rings (SSSR count). The fourth-order valence-electron chi connectivity index (χ4n) is 1.21. The minimum absolute atomic E-state index is 0.279. The molecular formula is C11H12FNO4. The van der Waals surface area contributed by atoms with Crippen molar-refractivity contribution < 1.29 is 24.2 Å². The first-order valence-electron chi connectivity index (χ1n) is 4.83. The van der Waals surface area contributed by atoms with Crippen LogP contribution in [0.15, 0.2) is 18.2 Å². The summed E-state index contributed by atoms with van der Waals surface area (Å²) >= 11 is 0. The van der Waals surface area contributed by atoms with Gasteiger partial charge < -0.3 is 15.1 Å². The summed E-state index contributed by atoms with van der Waals surface area (Å²) < 4.78 is 13.4. The Kier molecular flexibility index (Phi) is 3.67. The second kappa shape index (κ2) is 4.82. The van der Waals surface area contributed by atoms with E-state index in [1.54, 1.807) is 0 Å². The molecule has 1 atom stereocenters. The molecule has 17 heavy (non-hydrogen) atoms. The third-order valence-electron chi connectivity index (χ3n) is 2.44. The van der Waals surface area contributed by atoms with E-state index in [0.29, 0.717) is 0 Å². The summed E-state index contributed by atoms with van der Waals surface area (Å²) in [4.78, 5) is 23.4. The van der Waals surface area contributed by atoms with Crippen LogP contribution in [0.25, 0.3) is 0 Å². The molecule has 0 aliphatic carbocycles. The van der Waals surface area contributed by atoms with Gasteiger partial charge in [-0.15, -0.1) is 0 Å². The van der Waals surface area contributed by atoms with Gasteiger partial charge in [-0.25, -0.2) is 9.18 Å². The lowest BCUT2D eigenvalue weighted by Crippen LogP contribution is -2.40. The van der Waals surface area contributed by atoms with Crippen molar-refractivity contribution in [2.75, 3.05) is 7.05 Å². The fourth-order valence-corrected chi connectivity index (χ4v) is 1.21. The summed E-state index contributed by atoms with van der Waals surface area (Å²) in [7, 11) is 1.27. The zero-order chi connectivity index (χ0) is 13.2. The molecule has 92 valence electrons. The highest BCUT2D eigenvalue weighted by molar-refractivity contribution is 5.96. The number of halogens is 1. The second-order valence-electron chi connectivity index (χ2n) is 3.59. The van der Waals surface area contributed by atoms with E-state index in [2.05, 4.69) is 0 Å². The highest BCUT2D eigenvalue weighted by Gasteiger charge is 2.24. The first-order chi connectivity index (χ1) is 7.84. The average molecular weight is 241 g/mol. The van der Waals surface area contributed by atoms with Crippen LogP contribution in [0, 0.1) is 5.82 Å². The normalized spacial score (nSPS) is 11.9. The van der Waals surface area contributed by atoms with Crippen LogP contribution in [0.5, 0.6) is 5.75 Å². The zero-order valence-electron chi connectivity index (χ0n) is 9.35. The summed E-state index contributed by atoms with van der Waals surface area (Å²) in [6.07, 6.45) is 0. The summed E-state index contributed by atoms with van der Waals surface area (Å²) in [5.41, 5.74) is -0.279. The highest BCUT2D eigenvalue weighted by Crippen LogP contribution is 2.17. The molecule has 5 nitrogen and oxygen atoms in total. The van der Waals surface area contributed by atoms with E-state index < -0.39 is 23.7 Å². The van der Waals surface area contributed by atoms with E-state index in [9.17, 15) is 14.0 Å². The molecule has 0 aliphatic rings. The van der Waals surface area contributed by atoms with Crippen molar-refractivity contribution in [2.45, 2.75) is 13.0 Å². The van der Waals surface area contributed by atoms with Crippen LogP contribution < -0.4 is 0 Å². The molecule has 1 aromatic rings. The van der Waals surface area contributed by atoms with Crippen LogP contribution in [0.3, 0.4) is 0 Å². The van der Waals surface area contributed by atoms with Gasteiger partial charge in [0.05, 0.1) is 5.56 Å². The molecule has 1 aromatic carbocycles. The Bertz CT molecular complexity index is 461. The Morgan fingerprint density at radius 1 is 1.41 bits per heavy atom. The number of aromatic hydroxyl groups is 1. The van der Waals surface area contributed by atoms with E-state index in [4.69, 9.17) is 10.2 Å². The Hall–Kier alpha value is -2.11. The third-order valence-corrected chi connectivity index (χ3v) is 2.44. The van der Waals surface area contributed by atoms with Gasteiger partial charge in [-0.3, -0.25) is 4.79 Å². The van der Waals surface area contributed by atoms with Crippen molar-refractivity contribution in [3.8, 4) is 5.75 Å². The fraction of sp³-hybridized carbons (Fsp3) is 0.273. The summed E-state index contributed by atoms with van der Waals surface area (Å²) in [6.45, 7) is 1.32. The number of nitrogens with zero attached hydrogens (tertiary/aromatic N) is 1. The van der Waals surface area contributed by atoms with Gasteiger partial charge in [0.25, 0.3) is 5.91 Å². The van der Waals surface area contributed by atoms with Crippen molar-refractivity contribution in [3.05, 3.63) is 29.6 Å². The monoisotopic (exact) mass is 241 g/mol. The van der Waals surface area contributed by atoms with E-state index >= 15 is 0 Å². The number of benzene rings is 1. The standard InChI is InChI=1S/C11H12FNO4/c1-6(11(16)17)13(2)10(15)8-4-3-7(14)5-9(8)12/h3-6,14H,1-2H3,(H,16,17). The summed E-state index contributed by atoms with van der Waals surface area (Å²) in [6, 6.07) is 2.01. The van der Waals surface area contributed by atoms with E-state index in [1.165, 1.54) is 14.0 Å². The topological polar surface area (TPSA) is 77.8 Å². The second-order valence-corrected chi connectivity index (χ2v) is 3.59. The summed E-state index contributed by atoms with van der Waals surface area (Å²) in [5.74, 6) is -3.12. The van der Waals surface area contributed by atoms with Gasteiger partial charge in [-0.05, 0) is 19.1 Å². The van der Waals surface area contributed by atoms with Crippen LogP contribution in [0.2, 0.25) is 0 Å². The van der Waals surface area contributed by atoms with Crippen molar-refractivity contribution in [2.24, 2.45) is 0 Å². The molecule has 0 aliphatic heterocycles. The number of carbonyl (C=O) groups excluding carboxylic acids is 1. The van der Waals surface area contributed by atoms with Gasteiger partial charge in [-0.1, -0.05) is 0 Å². The molecule has 0 radical (unpaired) electrons. The summed E-state index contributed by atoms with van der Waals surface area (Å²) in [5, 5.41) is 17.7. The maximum absolute atomic E-state index is 13.4. The van der Waals surface area contributed by atoms with Crippen LogP contribution in [0.1, 0.15) is 17.3 Å². The Labute approximate surface area is 97.1 Å². The Morgan fingerprint density at radius 3 is 2.47 bits per heavy atom. The average Bonchev–Trinajstić information content (AvgIpc) is 2.26. The molecule has 2 N–H and O–H groups in total. The molecule has 6 heteroatoms. The maximum Gasteiger partial charge on any atom is 0.326 e. The van der Waals surface area contributed by atoms with Gasteiger partial charge >= 0.3 is 5.97 Å².